The van der Waals surface area contributed by atoms with Gasteiger partial charge in [0.2, 0.25) is 5.91 Å². The van der Waals surface area contributed by atoms with E-state index in [-0.39, 0.29) is 11.2 Å². The molecule has 1 saturated heterocycles. The van der Waals surface area contributed by atoms with Gasteiger partial charge in [0.15, 0.2) is 5.17 Å². The molecule has 0 aliphatic carbocycles. The summed E-state index contributed by atoms with van der Waals surface area (Å²) in [5, 5.41) is 3.07. The molecule has 2 aromatic carbocycles. The van der Waals surface area contributed by atoms with Crippen molar-refractivity contribution in [3.63, 3.8) is 0 Å². The van der Waals surface area contributed by atoms with Crippen molar-refractivity contribution in [1.29, 1.82) is 0 Å². The maximum atomic E-state index is 12.8. The van der Waals surface area contributed by atoms with Crippen molar-refractivity contribution < 1.29 is 18.0 Å². The summed E-state index contributed by atoms with van der Waals surface area (Å²) in [6.07, 6.45) is -2.62. The molecular weight excluding hydrogens is 373 g/mol. The molecule has 1 unspecified atom stereocenters. The van der Waals surface area contributed by atoms with Gasteiger partial charge in [-0.15, -0.1) is 0 Å². The van der Waals surface area contributed by atoms with Crippen LogP contribution in [0, 0.1) is 6.92 Å². The number of nitrogens with zero attached hydrogens (tertiary/aromatic N) is 1. The zero-order valence-corrected chi connectivity index (χ0v) is 15.5. The summed E-state index contributed by atoms with van der Waals surface area (Å²) in [6.45, 7) is 1.99. The number of rotatable bonds is 5. The first kappa shape index (κ1) is 19.5. The zero-order valence-electron chi connectivity index (χ0n) is 14.7. The molecule has 7 heteroatoms. The average Bonchev–Trinajstić information content (AvgIpc) is 2.96. The topological polar surface area (TPSA) is 41.5 Å². The third kappa shape index (κ3) is 5.35. The molecule has 1 atom stereocenters. The number of thioether (sulfide) groups is 1. The van der Waals surface area contributed by atoms with Crippen molar-refractivity contribution in [1.82, 2.24) is 5.32 Å². The minimum Gasteiger partial charge on any atom is -0.304 e. The highest BCUT2D eigenvalue weighted by Crippen LogP contribution is 2.30. The zero-order chi connectivity index (χ0) is 19.4. The number of nitrogens with one attached hydrogen (secondary N) is 1. The predicted molar refractivity (Wildman–Crippen MR) is 102 cm³/mol. The normalized spacial score (nSPS) is 18.7. The molecule has 0 radical (unpaired) electrons. The second-order valence-electron chi connectivity index (χ2n) is 6.44. The Morgan fingerprint density at radius 2 is 1.89 bits per heavy atom. The average molecular weight is 392 g/mol. The monoisotopic (exact) mass is 392 g/mol. The van der Waals surface area contributed by atoms with Gasteiger partial charge < -0.3 is 5.32 Å². The minimum absolute atomic E-state index is 0.102. The molecule has 1 aliphatic heterocycles. The van der Waals surface area contributed by atoms with E-state index in [9.17, 15) is 18.0 Å². The first-order chi connectivity index (χ1) is 12.8. The van der Waals surface area contributed by atoms with Crippen molar-refractivity contribution in [2.75, 3.05) is 0 Å². The van der Waals surface area contributed by atoms with Gasteiger partial charge in [-0.1, -0.05) is 47.7 Å². The van der Waals surface area contributed by atoms with Gasteiger partial charge in [-0.3, -0.25) is 4.79 Å². The molecule has 142 valence electrons. The smallest absolute Gasteiger partial charge is 0.304 e. The van der Waals surface area contributed by atoms with Gasteiger partial charge in [-0.2, -0.15) is 13.2 Å². The van der Waals surface area contributed by atoms with Gasteiger partial charge in [0, 0.05) is 0 Å². The van der Waals surface area contributed by atoms with E-state index in [2.05, 4.69) is 10.3 Å². The summed E-state index contributed by atoms with van der Waals surface area (Å²) < 4.78 is 38.3. The molecule has 3 rings (SSSR count). The van der Waals surface area contributed by atoms with Gasteiger partial charge in [0.25, 0.3) is 0 Å². The van der Waals surface area contributed by atoms with E-state index in [1.807, 2.05) is 31.2 Å². The summed E-state index contributed by atoms with van der Waals surface area (Å²) in [4.78, 5) is 16.5. The molecule has 1 N–H and O–H groups in total. The lowest BCUT2D eigenvalue weighted by atomic mass is 10.0. The molecule has 3 nitrogen and oxygen atoms in total. The highest BCUT2D eigenvalue weighted by molar-refractivity contribution is 8.15. The number of benzene rings is 2. The Bertz CT molecular complexity index is 847. The molecule has 0 saturated carbocycles. The number of aryl methyl sites for hydroxylation is 2. The van der Waals surface area contributed by atoms with Gasteiger partial charge in [0.1, 0.15) is 0 Å². The number of alkyl halides is 3. The van der Waals surface area contributed by atoms with Crippen LogP contribution in [0.15, 0.2) is 53.5 Å². The molecule has 1 heterocycles. The number of hydrogen-bond acceptors (Lipinski definition) is 3. The second-order valence-corrected chi connectivity index (χ2v) is 7.63. The highest BCUT2D eigenvalue weighted by atomic mass is 32.2. The van der Waals surface area contributed by atoms with Gasteiger partial charge in [0.05, 0.1) is 16.5 Å². The fourth-order valence-corrected chi connectivity index (χ4v) is 3.82. The van der Waals surface area contributed by atoms with Crippen LogP contribution in [0.3, 0.4) is 0 Å². The number of aliphatic imine (C=N–C) groups is 1. The van der Waals surface area contributed by atoms with Crippen LogP contribution in [0.4, 0.5) is 18.9 Å². The molecule has 27 heavy (non-hydrogen) atoms. The molecule has 1 aliphatic rings. The molecule has 1 fully saturated rings. The predicted octanol–water partition coefficient (Wildman–Crippen LogP) is 5.26. The molecule has 1 amide bonds. The quantitative estimate of drug-likeness (QED) is 0.755. The molecule has 2 aromatic rings. The van der Waals surface area contributed by atoms with Crippen LogP contribution in [0.5, 0.6) is 0 Å². The third-order valence-electron chi connectivity index (χ3n) is 4.23. The maximum absolute atomic E-state index is 12.8. The Labute approximate surface area is 160 Å². The van der Waals surface area contributed by atoms with Crippen LogP contribution in [-0.4, -0.2) is 16.3 Å². The van der Waals surface area contributed by atoms with Gasteiger partial charge >= 0.3 is 6.18 Å². The number of amides is 1. The van der Waals surface area contributed by atoms with Crippen LogP contribution in [0.25, 0.3) is 0 Å². The minimum atomic E-state index is -4.33. The number of hydrogen-bond donors (Lipinski definition) is 1. The first-order valence-electron chi connectivity index (χ1n) is 8.60. The Morgan fingerprint density at radius 1 is 1.15 bits per heavy atom. The van der Waals surface area contributed by atoms with E-state index in [1.165, 1.54) is 23.9 Å². The van der Waals surface area contributed by atoms with E-state index < -0.39 is 11.7 Å². The third-order valence-corrected chi connectivity index (χ3v) is 5.38. The second kappa shape index (κ2) is 8.17. The Hall–Kier alpha value is -2.28. The SMILES string of the molecule is Cc1ccc(/N=C2/NC(=O)C(CCCc3cccc(C(F)(F)F)c3)S2)cc1. The summed E-state index contributed by atoms with van der Waals surface area (Å²) >= 11 is 1.37. The lowest BCUT2D eigenvalue weighted by Gasteiger charge is -2.09. The van der Waals surface area contributed by atoms with E-state index in [1.54, 1.807) is 6.07 Å². The maximum Gasteiger partial charge on any atom is 0.416 e. The lowest BCUT2D eigenvalue weighted by molar-refractivity contribution is -0.137. The van der Waals surface area contributed by atoms with Crippen molar-refractivity contribution in [3.05, 3.63) is 65.2 Å². The van der Waals surface area contributed by atoms with E-state index >= 15 is 0 Å². The summed E-state index contributed by atoms with van der Waals surface area (Å²) in [5.41, 5.74) is 1.89. The fraction of sp³-hybridized carbons (Fsp3) is 0.300. The van der Waals surface area contributed by atoms with E-state index in [0.717, 1.165) is 17.3 Å². The highest BCUT2D eigenvalue weighted by Gasteiger charge is 2.31. The van der Waals surface area contributed by atoms with Crippen molar-refractivity contribution in [2.45, 2.75) is 37.6 Å². The Balaban J connectivity index is 1.55. The van der Waals surface area contributed by atoms with Crippen LogP contribution in [0.2, 0.25) is 0 Å². The van der Waals surface area contributed by atoms with Crippen LogP contribution in [0.1, 0.15) is 29.5 Å². The summed E-state index contributed by atoms with van der Waals surface area (Å²) in [6, 6.07) is 13.0. The van der Waals surface area contributed by atoms with Crippen molar-refractivity contribution in [2.24, 2.45) is 4.99 Å². The number of carbonyl (C=O) groups is 1. The molecule has 0 spiro atoms. The van der Waals surface area contributed by atoms with Crippen LogP contribution >= 0.6 is 11.8 Å². The lowest BCUT2D eigenvalue weighted by Crippen LogP contribution is -2.24. The Morgan fingerprint density at radius 3 is 2.59 bits per heavy atom. The van der Waals surface area contributed by atoms with Gasteiger partial charge in [-0.25, -0.2) is 4.99 Å². The fourth-order valence-electron chi connectivity index (χ4n) is 2.78. The van der Waals surface area contributed by atoms with Crippen molar-refractivity contribution in [3.8, 4) is 0 Å². The number of halogens is 3. The number of amidine groups is 1. The summed E-state index contributed by atoms with van der Waals surface area (Å²) in [5.74, 6) is -0.102. The van der Waals surface area contributed by atoms with Gasteiger partial charge in [-0.05, 0) is 49.9 Å². The number of carbonyl (C=O) groups excluding carboxylic acids is 1. The molecular formula is C20H19F3N2OS. The van der Waals surface area contributed by atoms with E-state index in [4.69, 9.17) is 0 Å². The Kier molecular flexibility index (Phi) is 5.89. The largest absolute Gasteiger partial charge is 0.416 e. The van der Waals surface area contributed by atoms with E-state index in [0.29, 0.717) is 30.0 Å². The van der Waals surface area contributed by atoms with Crippen LogP contribution in [-0.2, 0) is 17.4 Å². The van der Waals surface area contributed by atoms with Crippen LogP contribution < -0.4 is 5.32 Å². The summed E-state index contributed by atoms with van der Waals surface area (Å²) in [7, 11) is 0. The standard InChI is InChI=1S/C20H19F3N2OS/c1-13-8-10-16(11-9-13)24-19-25-18(26)17(27-19)7-3-5-14-4-2-6-15(12-14)20(21,22)23/h2,4,6,8-12,17H,3,5,7H2,1H3,(H,24,25,26). The molecule has 0 bridgehead atoms. The first-order valence-corrected chi connectivity index (χ1v) is 9.48. The molecule has 0 aromatic heterocycles. The van der Waals surface area contributed by atoms with Crippen molar-refractivity contribution >= 4 is 28.5 Å².